The van der Waals surface area contributed by atoms with Crippen LogP contribution in [0.5, 0.6) is 0 Å². The lowest BCUT2D eigenvalue weighted by Gasteiger charge is -2.16. The minimum absolute atomic E-state index is 0.0391. The Morgan fingerprint density at radius 1 is 1.04 bits per heavy atom. The van der Waals surface area contributed by atoms with E-state index in [0.717, 1.165) is 44.3 Å². The Hall–Kier alpha value is -1.09. The molecule has 0 aromatic rings. The molecule has 1 heterocycles. The van der Waals surface area contributed by atoms with Gasteiger partial charge in [0.05, 0.1) is 11.2 Å². The van der Waals surface area contributed by atoms with Crippen LogP contribution in [0.4, 0.5) is 0 Å². The highest BCUT2D eigenvalue weighted by Crippen LogP contribution is 2.50. The van der Waals surface area contributed by atoms with Crippen molar-refractivity contribution >= 4 is 5.91 Å². The van der Waals surface area contributed by atoms with Gasteiger partial charge in [-0.25, -0.2) is 0 Å². The lowest BCUT2D eigenvalue weighted by Crippen LogP contribution is -2.28. The number of carbonyl (C=O) groups excluding carboxylic acids is 1. The van der Waals surface area contributed by atoms with Gasteiger partial charge in [0, 0.05) is 19.2 Å². The van der Waals surface area contributed by atoms with Crippen molar-refractivity contribution < 1.29 is 9.53 Å². The van der Waals surface area contributed by atoms with Crippen molar-refractivity contribution in [2.24, 2.45) is 0 Å². The van der Waals surface area contributed by atoms with Gasteiger partial charge in [-0.1, -0.05) is 17.2 Å². The fraction of sp³-hybridized carbons (Fsp3) is 0.750. The van der Waals surface area contributed by atoms with Gasteiger partial charge in [0.15, 0.2) is 0 Å². The summed E-state index contributed by atoms with van der Waals surface area (Å²) in [6.45, 7) is 16.3. The fourth-order valence-corrected chi connectivity index (χ4v) is 2.88. The first kappa shape index (κ1) is 20.0. The molecule has 1 saturated heterocycles. The van der Waals surface area contributed by atoms with Crippen LogP contribution in [0.3, 0.4) is 0 Å². The van der Waals surface area contributed by atoms with Crippen LogP contribution < -0.4 is 0 Å². The van der Waals surface area contributed by atoms with Gasteiger partial charge in [0.1, 0.15) is 0 Å². The van der Waals surface area contributed by atoms with Gasteiger partial charge in [-0.05, 0) is 74.1 Å². The summed E-state index contributed by atoms with van der Waals surface area (Å²) >= 11 is 0. The molecular weight excluding hydrogens is 286 g/mol. The summed E-state index contributed by atoms with van der Waals surface area (Å²) in [5.41, 5.74) is 2.66. The molecule has 1 fully saturated rings. The molecule has 1 rings (SSSR count). The van der Waals surface area contributed by atoms with Crippen LogP contribution in [-0.2, 0) is 9.53 Å². The first-order valence-electron chi connectivity index (χ1n) is 8.97. The molecule has 1 aliphatic rings. The monoisotopic (exact) mass is 321 g/mol. The van der Waals surface area contributed by atoms with E-state index in [1.807, 2.05) is 25.7 Å². The maximum Gasteiger partial charge on any atom is 0.246 e. The number of nitrogens with zero attached hydrogens (tertiary/aromatic N) is 1. The highest BCUT2D eigenvalue weighted by atomic mass is 16.6. The van der Waals surface area contributed by atoms with Crippen molar-refractivity contribution in [3.8, 4) is 0 Å². The van der Waals surface area contributed by atoms with E-state index in [-0.39, 0.29) is 17.1 Å². The normalized spacial score (nSPS) is 23.8. The predicted octanol–water partition coefficient (Wildman–Crippen LogP) is 4.88. The van der Waals surface area contributed by atoms with Crippen molar-refractivity contribution in [3.63, 3.8) is 0 Å². The molecule has 0 aromatic carbocycles. The Bertz CT molecular complexity index is 472. The third-order valence-electron chi connectivity index (χ3n) is 5.19. The molecule has 0 N–H and O–H groups in total. The molecule has 132 valence electrons. The second-order valence-corrected chi connectivity index (χ2v) is 7.43. The summed E-state index contributed by atoms with van der Waals surface area (Å²) < 4.78 is 5.79. The number of hydrogen-bond acceptors (Lipinski definition) is 2. The number of likely N-dealkylation sites (N-methyl/N-ethyl adjacent to an activating group) is 1. The van der Waals surface area contributed by atoms with Gasteiger partial charge in [-0.15, -0.1) is 0 Å². The number of hydrogen-bond donors (Lipinski definition) is 0. The zero-order chi connectivity index (χ0) is 17.7. The highest BCUT2D eigenvalue weighted by molar-refractivity contribution is 5.88. The van der Waals surface area contributed by atoms with Crippen molar-refractivity contribution in [2.45, 2.75) is 85.4 Å². The zero-order valence-corrected chi connectivity index (χ0v) is 16.2. The van der Waals surface area contributed by atoms with Gasteiger partial charge in [-0.2, -0.15) is 0 Å². The van der Waals surface area contributed by atoms with E-state index in [2.05, 4.69) is 33.8 Å². The largest absolute Gasteiger partial charge is 0.363 e. The lowest BCUT2D eigenvalue weighted by atomic mass is 9.91. The maximum absolute atomic E-state index is 12.0. The Morgan fingerprint density at radius 2 is 1.61 bits per heavy atom. The Kier molecular flexibility index (Phi) is 7.06. The molecule has 0 spiro atoms. The summed E-state index contributed by atoms with van der Waals surface area (Å²) in [5, 5.41) is 0. The third-order valence-corrected chi connectivity index (χ3v) is 5.19. The standard InChI is InChI=1S/C20H35NO2/c1-8-21(9-2)18(22)15-17(4)12-10-11-16(3)13-14-20(7)19(5,6)23-20/h11,15H,8-10,12-14H2,1-7H3. The minimum atomic E-state index is 0.0391. The average molecular weight is 322 g/mol. The van der Waals surface area contributed by atoms with Crippen LogP contribution in [-0.4, -0.2) is 35.1 Å². The Labute approximate surface area is 142 Å². The van der Waals surface area contributed by atoms with Gasteiger partial charge in [-0.3, -0.25) is 4.79 Å². The topological polar surface area (TPSA) is 32.8 Å². The molecule has 0 radical (unpaired) electrons. The number of epoxide rings is 1. The molecule has 23 heavy (non-hydrogen) atoms. The molecule has 0 saturated carbocycles. The van der Waals surface area contributed by atoms with E-state index in [4.69, 9.17) is 4.74 Å². The van der Waals surface area contributed by atoms with Crippen LogP contribution in [0.1, 0.15) is 74.1 Å². The predicted molar refractivity (Wildman–Crippen MR) is 97.5 cm³/mol. The molecular formula is C20H35NO2. The second kappa shape index (κ2) is 8.14. The van der Waals surface area contributed by atoms with E-state index in [0.29, 0.717) is 0 Å². The van der Waals surface area contributed by atoms with Crippen LogP contribution in [0.2, 0.25) is 0 Å². The van der Waals surface area contributed by atoms with Crippen molar-refractivity contribution in [1.82, 2.24) is 4.90 Å². The van der Waals surface area contributed by atoms with Crippen LogP contribution in [0.25, 0.3) is 0 Å². The van der Waals surface area contributed by atoms with Crippen molar-refractivity contribution in [2.75, 3.05) is 13.1 Å². The van der Waals surface area contributed by atoms with Crippen LogP contribution >= 0.6 is 0 Å². The highest BCUT2D eigenvalue weighted by Gasteiger charge is 2.59. The smallest absolute Gasteiger partial charge is 0.246 e. The SMILES string of the molecule is CCN(CC)C(=O)C=C(C)CCC=C(C)CCC1(C)OC1(C)C. The molecule has 1 aliphatic heterocycles. The number of amides is 1. The average Bonchev–Trinajstić information content (AvgIpc) is 2.97. The fourth-order valence-electron chi connectivity index (χ4n) is 2.88. The van der Waals surface area contributed by atoms with Gasteiger partial charge < -0.3 is 9.64 Å². The van der Waals surface area contributed by atoms with E-state index in [9.17, 15) is 4.79 Å². The second-order valence-electron chi connectivity index (χ2n) is 7.43. The molecule has 1 atom stereocenters. The quantitative estimate of drug-likeness (QED) is 0.344. The number of carbonyl (C=O) groups is 1. The summed E-state index contributed by atoms with van der Waals surface area (Å²) in [6, 6.07) is 0. The van der Waals surface area contributed by atoms with Crippen LogP contribution in [0, 0.1) is 0 Å². The number of ether oxygens (including phenoxy) is 1. The molecule has 3 heteroatoms. The Balaban J connectivity index is 2.35. The van der Waals surface area contributed by atoms with Gasteiger partial charge in [0.25, 0.3) is 0 Å². The van der Waals surface area contributed by atoms with E-state index in [1.165, 1.54) is 5.57 Å². The Morgan fingerprint density at radius 3 is 2.09 bits per heavy atom. The van der Waals surface area contributed by atoms with E-state index >= 15 is 0 Å². The summed E-state index contributed by atoms with van der Waals surface area (Å²) in [6.07, 6.45) is 8.21. The van der Waals surface area contributed by atoms with Crippen molar-refractivity contribution in [3.05, 3.63) is 23.3 Å². The molecule has 1 unspecified atom stereocenters. The van der Waals surface area contributed by atoms with E-state index in [1.54, 1.807) is 6.08 Å². The molecule has 0 aromatic heterocycles. The van der Waals surface area contributed by atoms with Gasteiger partial charge >= 0.3 is 0 Å². The summed E-state index contributed by atoms with van der Waals surface area (Å²) in [7, 11) is 0. The minimum Gasteiger partial charge on any atom is -0.363 e. The van der Waals surface area contributed by atoms with Crippen molar-refractivity contribution in [1.29, 1.82) is 0 Å². The number of rotatable bonds is 9. The third kappa shape index (κ3) is 5.80. The zero-order valence-electron chi connectivity index (χ0n) is 16.2. The molecule has 0 bridgehead atoms. The summed E-state index contributed by atoms with van der Waals surface area (Å²) in [4.78, 5) is 13.9. The van der Waals surface area contributed by atoms with Crippen LogP contribution in [0.15, 0.2) is 23.3 Å². The summed E-state index contributed by atoms with van der Waals surface area (Å²) in [5.74, 6) is 0.134. The lowest BCUT2D eigenvalue weighted by molar-refractivity contribution is -0.125. The maximum atomic E-state index is 12.0. The molecule has 0 aliphatic carbocycles. The molecule has 3 nitrogen and oxygen atoms in total. The number of allylic oxidation sites excluding steroid dienone is 3. The van der Waals surface area contributed by atoms with E-state index < -0.39 is 0 Å². The molecule has 1 amide bonds. The van der Waals surface area contributed by atoms with Gasteiger partial charge in [0.2, 0.25) is 5.91 Å². The first-order valence-corrected chi connectivity index (χ1v) is 8.97. The first-order chi connectivity index (χ1) is 10.6.